The van der Waals surface area contributed by atoms with Crippen molar-refractivity contribution in [2.24, 2.45) is 0 Å². The van der Waals surface area contributed by atoms with Crippen molar-refractivity contribution in [3.05, 3.63) is 29.8 Å². The van der Waals surface area contributed by atoms with Gasteiger partial charge in [0.1, 0.15) is 12.4 Å². The minimum Gasteiger partial charge on any atom is -0.491 e. The molecule has 2 aliphatic rings. The monoisotopic (exact) mass is 393 g/mol. The first-order valence-electron chi connectivity index (χ1n) is 10.3. The topological polar surface area (TPSA) is 68.6 Å². The average Bonchev–Trinajstić information content (AvgIpc) is 3.05. The number of aliphatic hydroxyl groups is 2. The fraction of sp³-hybridized carbons (Fsp3) is 0.714. The van der Waals surface area contributed by atoms with Crippen LogP contribution in [0.25, 0.3) is 0 Å². The molecule has 2 N–H and O–H groups in total. The molecule has 158 valence electrons. The molecule has 2 heterocycles. The molecule has 28 heavy (non-hydrogen) atoms. The number of likely N-dealkylation sites (tertiary alicyclic amines) is 1. The van der Waals surface area contributed by atoms with Crippen molar-refractivity contribution >= 4 is 0 Å². The number of hydrogen-bond acceptors (Lipinski definition) is 7. The third-order valence-electron chi connectivity index (χ3n) is 5.59. The third kappa shape index (κ3) is 6.69. The van der Waals surface area contributed by atoms with Crippen LogP contribution in [0.5, 0.6) is 5.75 Å². The first-order chi connectivity index (χ1) is 13.6. The smallest absolute Gasteiger partial charge is 0.119 e. The van der Waals surface area contributed by atoms with Gasteiger partial charge in [-0.3, -0.25) is 9.80 Å². The van der Waals surface area contributed by atoms with E-state index in [0.29, 0.717) is 19.8 Å². The molecule has 0 unspecified atom stereocenters. The normalized spacial score (nSPS) is 24.7. The summed E-state index contributed by atoms with van der Waals surface area (Å²) >= 11 is 0. The van der Waals surface area contributed by atoms with Gasteiger partial charge in [-0.05, 0) is 31.2 Å². The molecule has 0 spiro atoms. The molecule has 2 aliphatic heterocycles. The quantitative estimate of drug-likeness (QED) is 0.553. The van der Waals surface area contributed by atoms with E-state index < -0.39 is 5.60 Å². The van der Waals surface area contributed by atoms with Crippen molar-refractivity contribution in [3.8, 4) is 5.75 Å². The van der Waals surface area contributed by atoms with Gasteiger partial charge < -0.3 is 24.6 Å². The summed E-state index contributed by atoms with van der Waals surface area (Å²) in [4.78, 5) is 7.09. The van der Waals surface area contributed by atoms with Gasteiger partial charge in [0.05, 0.1) is 25.4 Å². The number of likely N-dealkylation sites (N-methyl/N-ethyl adjacent to an activating group) is 1. The minimum atomic E-state index is -0.590. The SMILES string of the molecule is CN1CCN(C[C@@]2(O)CCN(Cc3ccc(OCCOCCO)cc3)C2)CC1. The molecule has 0 saturated carbocycles. The predicted octanol–water partition coefficient (Wildman–Crippen LogP) is 0.259. The Morgan fingerprint density at radius 1 is 0.964 bits per heavy atom. The fourth-order valence-electron chi connectivity index (χ4n) is 3.96. The molecule has 1 atom stereocenters. The second-order valence-electron chi connectivity index (χ2n) is 8.09. The molecule has 0 aliphatic carbocycles. The van der Waals surface area contributed by atoms with Gasteiger partial charge in [-0.1, -0.05) is 12.1 Å². The Kier molecular flexibility index (Phi) is 8.08. The lowest BCUT2D eigenvalue weighted by atomic mass is 10.0. The lowest BCUT2D eigenvalue weighted by Gasteiger charge is -2.36. The Labute approximate surface area is 168 Å². The number of β-amino-alcohol motifs (C(OH)–C–C–N with tert-alkyl or cyclic N) is 1. The van der Waals surface area contributed by atoms with Gasteiger partial charge >= 0.3 is 0 Å². The van der Waals surface area contributed by atoms with E-state index in [1.54, 1.807) is 0 Å². The van der Waals surface area contributed by atoms with Crippen LogP contribution in [0.1, 0.15) is 12.0 Å². The molecule has 1 aromatic rings. The average molecular weight is 394 g/mol. The van der Waals surface area contributed by atoms with Crippen LogP contribution < -0.4 is 4.74 Å². The molecule has 0 amide bonds. The van der Waals surface area contributed by atoms with Gasteiger partial charge in [0, 0.05) is 52.4 Å². The number of rotatable bonds is 10. The van der Waals surface area contributed by atoms with E-state index in [4.69, 9.17) is 14.6 Å². The number of ether oxygens (including phenoxy) is 2. The molecule has 7 nitrogen and oxygen atoms in total. The van der Waals surface area contributed by atoms with E-state index in [1.807, 2.05) is 12.1 Å². The first-order valence-corrected chi connectivity index (χ1v) is 10.3. The number of aliphatic hydroxyl groups excluding tert-OH is 1. The Bertz CT molecular complexity index is 578. The highest BCUT2D eigenvalue weighted by Crippen LogP contribution is 2.25. The number of benzene rings is 1. The molecular weight excluding hydrogens is 358 g/mol. The van der Waals surface area contributed by atoms with Crippen LogP contribution in [-0.2, 0) is 11.3 Å². The third-order valence-corrected chi connectivity index (χ3v) is 5.59. The summed E-state index contributed by atoms with van der Waals surface area (Å²) in [5, 5.41) is 19.7. The Morgan fingerprint density at radius 3 is 2.43 bits per heavy atom. The predicted molar refractivity (Wildman–Crippen MR) is 109 cm³/mol. The number of nitrogens with zero attached hydrogens (tertiary/aromatic N) is 3. The first kappa shape index (κ1) is 21.5. The van der Waals surface area contributed by atoms with Crippen molar-refractivity contribution in [2.45, 2.75) is 18.6 Å². The number of piperazine rings is 1. The molecule has 3 rings (SSSR count). The van der Waals surface area contributed by atoms with Crippen LogP contribution in [0.2, 0.25) is 0 Å². The van der Waals surface area contributed by atoms with Crippen molar-refractivity contribution in [1.29, 1.82) is 0 Å². The summed E-state index contributed by atoms with van der Waals surface area (Å²) in [6, 6.07) is 8.13. The summed E-state index contributed by atoms with van der Waals surface area (Å²) in [6.07, 6.45) is 0.842. The van der Waals surface area contributed by atoms with Crippen LogP contribution in [0, 0.1) is 0 Å². The van der Waals surface area contributed by atoms with E-state index in [1.165, 1.54) is 5.56 Å². The zero-order valence-corrected chi connectivity index (χ0v) is 17.1. The zero-order valence-electron chi connectivity index (χ0n) is 17.1. The van der Waals surface area contributed by atoms with Crippen molar-refractivity contribution in [3.63, 3.8) is 0 Å². The van der Waals surface area contributed by atoms with Crippen molar-refractivity contribution in [1.82, 2.24) is 14.7 Å². The maximum atomic E-state index is 11.0. The van der Waals surface area contributed by atoms with Gasteiger partial charge in [0.2, 0.25) is 0 Å². The molecule has 0 radical (unpaired) electrons. The number of hydrogen-bond donors (Lipinski definition) is 2. The zero-order chi connectivity index (χ0) is 19.8. The molecular formula is C21H35N3O4. The van der Waals surface area contributed by atoms with Gasteiger partial charge in [-0.2, -0.15) is 0 Å². The van der Waals surface area contributed by atoms with Crippen LogP contribution >= 0.6 is 0 Å². The van der Waals surface area contributed by atoms with Gasteiger partial charge in [0.25, 0.3) is 0 Å². The Morgan fingerprint density at radius 2 is 1.71 bits per heavy atom. The highest BCUT2D eigenvalue weighted by molar-refractivity contribution is 5.27. The van der Waals surface area contributed by atoms with Crippen molar-refractivity contribution < 1.29 is 19.7 Å². The Balaban J connectivity index is 1.39. The van der Waals surface area contributed by atoms with Crippen LogP contribution in [0.4, 0.5) is 0 Å². The molecule has 0 aromatic heterocycles. The highest BCUT2D eigenvalue weighted by Gasteiger charge is 2.37. The van der Waals surface area contributed by atoms with Gasteiger partial charge in [-0.15, -0.1) is 0 Å². The van der Waals surface area contributed by atoms with E-state index >= 15 is 0 Å². The second-order valence-corrected chi connectivity index (χ2v) is 8.09. The lowest BCUT2D eigenvalue weighted by Crippen LogP contribution is -2.51. The molecule has 2 fully saturated rings. The Hall–Kier alpha value is -1.22. The largest absolute Gasteiger partial charge is 0.491 e. The van der Waals surface area contributed by atoms with E-state index in [-0.39, 0.29) is 6.61 Å². The fourth-order valence-corrected chi connectivity index (χ4v) is 3.96. The summed E-state index contributed by atoms with van der Waals surface area (Å²) in [5.74, 6) is 0.823. The van der Waals surface area contributed by atoms with Gasteiger partial charge in [-0.25, -0.2) is 0 Å². The van der Waals surface area contributed by atoms with Crippen LogP contribution in [0.3, 0.4) is 0 Å². The molecule has 1 aromatic carbocycles. The van der Waals surface area contributed by atoms with Crippen molar-refractivity contribution in [2.75, 3.05) is 79.3 Å². The maximum absolute atomic E-state index is 11.0. The van der Waals surface area contributed by atoms with Crippen LogP contribution in [0.15, 0.2) is 24.3 Å². The van der Waals surface area contributed by atoms with E-state index in [9.17, 15) is 5.11 Å². The second kappa shape index (κ2) is 10.5. The molecule has 2 saturated heterocycles. The lowest BCUT2D eigenvalue weighted by molar-refractivity contribution is -0.000370. The summed E-state index contributed by atoms with van der Waals surface area (Å²) in [6.45, 7) is 8.90. The summed E-state index contributed by atoms with van der Waals surface area (Å²) < 4.78 is 10.8. The molecule has 0 bridgehead atoms. The maximum Gasteiger partial charge on any atom is 0.119 e. The molecule has 7 heteroatoms. The summed E-state index contributed by atoms with van der Waals surface area (Å²) in [5.41, 5.74) is 0.640. The van der Waals surface area contributed by atoms with Crippen LogP contribution in [-0.4, -0.2) is 110 Å². The van der Waals surface area contributed by atoms with Gasteiger partial charge in [0.15, 0.2) is 0 Å². The highest BCUT2D eigenvalue weighted by atomic mass is 16.5. The van der Waals surface area contributed by atoms with E-state index in [0.717, 1.165) is 64.5 Å². The standard InChI is InChI=1S/C21H35N3O4/c1-22-8-10-23(11-9-22)17-21(26)6-7-24(18-21)16-19-2-4-20(5-3-19)28-15-14-27-13-12-25/h2-5,25-26H,6-18H2,1H3/t21-/m0/s1. The van der Waals surface area contributed by atoms with E-state index in [2.05, 4.69) is 33.9 Å². The minimum absolute atomic E-state index is 0.0374. The summed E-state index contributed by atoms with van der Waals surface area (Å²) in [7, 11) is 2.16.